The fourth-order valence-electron chi connectivity index (χ4n) is 2.81. The fourth-order valence-corrected chi connectivity index (χ4v) is 2.81. The van der Waals surface area contributed by atoms with Gasteiger partial charge in [-0.3, -0.25) is 0 Å². The smallest absolute Gasteiger partial charge is 0.410 e. The molecule has 0 aromatic heterocycles. The number of benzene rings is 1. The number of amides is 1. The molecule has 0 spiro atoms. The zero-order valence-electron chi connectivity index (χ0n) is 12.4. The van der Waals surface area contributed by atoms with Crippen LogP contribution >= 0.6 is 0 Å². The number of carbonyl (C=O) groups excluding carboxylic acids is 1. The van der Waals surface area contributed by atoms with Crippen molar-refractivity contribution in [1.29, 1.82) is 0 Å². The second-order valence-electron chi connectivity index (χ2n) is 5.53. The molecule has 3 heteroatoms. The Balaban J connectivity index is 1.78. The lowest BCUT2D eigenvalue weighted by Gasteiger charge is -2.24. The third-order valence-electron chi connectivity index (χ3n) is 3.96. The van der Waals surface area contributed by atoms with Gasteiger partial charge in [0.1, 0.15) is 6.61 Å². The van der Waals surface area contributed by atoms with E-state index < -0.39 is 0 Å². The summed E-state index contributed by atoms with van der Waals surface area (Å²) in [6.07, 6.45) is 6.90. The molecule has 1 aromatic carbocycles. The summed E-state index contributed by atoms with van der Waals surface area (Å²) >= 11 is 0. The molecule has 1 amide bonds. The molecule has 0 bridgehead atoms. The fraction of sp³-hybridized carbons (Fsp3) is 0.588. The molecule has 1 heterocycles. The molecule has 0 radical (unpaired) electrons. The molecule has 1 atom stereocenters. The molecule has 2 rings (SSSR count). The number of hydrogen-bond donors (Lipinski definition) is 0. The number of unbranched alkanes of at least 4 members (excludes halogenated alkanes) is 2. The van der Waals surface area contributed by atoms with Gasteiger partial charge >= 0.3 is 6.09 Å². The van der Waals surface area contributed by atoms with Crippen molar-refractivity contribution in [2.45, 2.75) is 58.1 Å². The van der Waals surface area contributed by atoms with Crippen molar-refractivity contribution in [3.05, 3.63) is 35.9 Å². The van der Waals surface area contributed by atoms with Crippen LogP contribution in [0.4, 0.5) is 4.79 Å². The van der Waals surface area contributed by atoms with Crippen LogP contribution in [0.25, 0.3) is 0 Å². The minimum absolute atomic E-state index is 0.146. The summed E-state index contributed by atoms with van der Waals surface area (Å²) < 4.78 is 5.44. The summed E-state index contributed by atoms with van der Waals surface area (Å²) in [7, 11) is 0. The van der Waals surface area contributed by atoms with Crippen LogP contribution in [0.2, 0.25) is 0 Å². The van der Waals surface area contributed by atoms with E-state index in [4.69, 9.17) is 4.74 Å². The molecule has 0 aliphatic carbocycles. The number of hydrogen-bond acceptors (Lipinski definition) is 2. The van der Waals surface area contributed by atoms with Crippen LogP contribution in [0.5, 0.6) is 0 Å². The highest BCUT2D eigenvalue weighted by atomic mass is 16.6. The van der Waals surface area contributed by atoms with Crippen LogP contribution in [-0.2, 0) is 11.3 Å². The summed E-state index contributed by atoms with van der Waals surface area (Å²) in [6, 6.07) is 10.3. The molecule has 110 valence electrons. The topological polar surface area (TPSA) is 29.5 Å². The molecule has 20 heavy (non-hydrogen) atoms. The van der Waals surface area contributed by atoms with E-state index in [0.717, 1.165) is 31.4 Å². The Kier molecular flexibility index (Phi) is 5.90. The van der Waals surface area contributed by atoms with Crippen molar-refractivity contribution in [2.75, 3.05) is 6.54 Å². The highest BCUT2D eigenvalue weighted by molar-refractivity contribution is 5.68. The van der Waals surface area contributed by atoms with E-state index >= 15 is 0 Å². The second kappa shape index (κ2) is 7.93. The van der Waals surface area contributed by atoms with Gasteiger partial charge in [0.05, 0.1) is 0 Å². The Morgan fingerprint density at radius 3 is 2.85 bits per heavy atom. The van der Waals surface area contributed by atoms with Gasteiger partial charge < -0.3 is 9.64 Å². The third kappa shape index (κ3) is 4.26. The molecule has 1 aromatic rings. The average Bonchev–Trinajstić information content (AvgIpc) is 2.95. The summed E-state index contributed by atoms with van der Waals surface area (Å²) in [6.45, 7) is 3.43. The van der Waals surface area contributed by atoms with Crippen LogP contribution in [0, 0.1) is 0 Å². The van der Waals surface area contributed by atoms with E-state index in [-0.39, 0.29) is 6.09 Å². The number of ether oxygens (including phenoxy) is 1. The van der Waals surface area contributed by atoms with Crippen LogP contribution in [0.1, 0.15) is 51.0 Å². The molecule has 1 aliphatic heterocycles. The van der Waals surface area contributed by atoms with Crippen molar-refractivity contribution >= 4 is 6.09 Å². The molecule has 0 N–H and O–H groups in total. The minimum atomic E-state index is -0.146. The molecular formula is C17H25NO2. The average molecular weight is 275 g/mol. The molecule has 0 saturated carbocycles. The van der Waals surface area contributed by atoms with Gasteiger partial charge in [0.2, 0.25) is 0 Å². The van der Waals surface area contributed by atoms with Crippen LogP contribution < -0.4 is 0 Å². The van der Waals surface area contributed by atoms with E-state index in [1.54, 1.807) is 0 Å². The van der Waals surface area contributed by atoms with E-state index in [1.165, 1.54) is 19.3 Å². The zero-order chi connectivity index (χ0) is 14.2. The molecule has 1 aliphatic rings. The first-order valence-electron chi connectivity index (χ1n) is 7.78. The minimum Gasteiger partial charge on any atom is -0.445 e. The molecular weight excluding hydrogens is 250 g/mol. The summed E-state index contributed by atoms with van der Waals surface area (Å²) in [5, 5.41) is 0. The van der Waals surface area contributed by atoms with Gasteiger partial charge in [-0.05, 0) is 24.8 Å². The van der Waals surface area contributed by atoms with Crippen LogP contribution in [-0.4, -0.2) is 23.6 Å². The Morgan fingerprint density at radius 1 is 1.30 bits per heavy atom. The molecule has 1 fully saturated rings. The predicted octanol–water partition coefficient (Wildman–Crippen LogP) is 4.37. The number of likely N-dealkylation sites (tertiary alicyclic amines) is 1. The van der Waals surface area contributed by atoms with Crippen molar-refractivity contribution in [1.82, 2.24) is 4.90 Å². The predicted molar refractivity (Wildman–Crippen MR) is 80.5 cm³/mol. The lowest BCUT2D eigenvalue weighted by molar-refractivity contribution is 0.0904. The van der Waals surface area contributed by atoms with Crippen molar-refractivity contribution in [3.8, 4) is 0 Å². The van der Waals surface area contributed by atoms with Crippen molar-refractivity contribution in [3.63, 3.8) is 0 Å². The maximum absolute atomic E-state index is 12.2. The lowest BCUT2D eigenvalue weighted by Crippen LogP contribution is -2.35. The molecule has 1 saturated heterocycles. The number of carbonyl (C=O) groups is 1. The Morgan fingerprint density at radius 2 is 2.10 bits per heavy atom. The monoisotopic (exact) mass is 275 g/mol. The van der Waals surface area contributed by atoms with Crippen molar-refractivity contribution < 1.29 is 9.53 Å². The summed E-state index contributed by atoms with van der Waals surface area (Å²) in [5.74, 6) is 0. The van der Waals surface area contributed by atoms with Gasteiger partial charge in [-0.15, -0.1) is 0 Å². The number of rotatable bonds is 6. The van der Waals surface area contributed by atoms with Gasteiger partial charge in [0.25, 0.3) is 0 Å². The maximum Gasteiger partial charge on any atom is 0.410 e. The first-order valence-corrected chi connectivity index (χ1v) is 7.78. The summed E-state index contributed by atoms with van der Waals surface area (Å²) in [5.41, 5.74) is 1.04. The third-order valence-corrected chi connectivity index (χ3v) is 3.96. The zero-order valence-corrected chi connectivity index (χ0v) is 12.4. The Labute approximate surface area is 121 Å². The van der Waals surface area contributed by atoms with Crippen LogP contribution in [0.3, 0.4) is 0 Å². The van der Waals surface area contributed by atoms with Gasteiger partial charge in [-0.2, -0.15) is 0 Å². The van der Waals surface area contributed by atoms with Crippen molar-refractivity contribution in [2.24, 2.45) is 0 Å². The van der Waals surface area contributed by atoms with Gasteiger partial charge in [0.15, 0.2) is 0 Å². The van der Waals surface area contributed by atoms with Gasteiger partial charge in [-0.1, -0.05) is 56.5 Å². The summed E-state index contributed by atoms with van der Waals surface area (Å²) in [4.78, 5) is 14.1. The SMILES string of the molecule is CCCCCC1CCCN1C(=O)OCc1ccccc1. The van der Waals surface area contributed by atoms with E-state index in [1.807, 2.05) is 35.2 Å². The second-order valence-corrected chi connectivity index (χ2v) is 5.53. The van der Waals surface area contributed by atoms with Gasteiger partial charge in [0, 0.05) is 12.6 Å². The molecule has 1 unspecified atom stereocenters. The van der Waals surface area contributed by atoms with E-state index in [9.17, 15) is 4.79 Å². The van der Waals surface area contributed by atoms with Crippen LogP contribution in [0.15, 0.2) is 30.3 Å². The van der Waals surface area contributed by atoms with E-state index in [2.05, 4.69) is 6.92 Å². The Bertz CT molecular complexity index is 405. The highest BCUT2D eigenvalue weighted by Crippen LogP contribution is 2.23. The maximum atomic E-state index is 12.2. The quantitative estimate of drug-likeness (QED) is 0.722. The molecule has 3 nitrogen and oxygen atoms in total. The largest absolute Gasteiger partial charge is 0.445 e. The first-order chi connectivity index (χ1) is 9.81. The van der Waals surface area contributed by atoms with E-state index in [0.29, 0.717) is 12.6 Å². The highest BCUT2D eigenvalue weighted by Gasteiger charge is 2.29. The first kappa shape index (κ1) is 14.9. The standard InChI is InChI=1S/C17H25NO2/c1-2-3-5-11-16-12-8-13-18(16)17(19)20-14-15-9-6-4-7-10-15/h4,6-7,9-10,16H,2-3,5,8,11-14H2,1H3. The number of nitrogens with zero attached hydrogens (tertiary/aromatic N) is 1. The van der Waals surface area contributed by atoms with Gasteiger partial charge in [-0.25, -0.2) is 4.79 Å². The normalized spacial score (nSPS) is 18.2. The Hall–Kier alpha value is -1.51. The lowest BCUT2D eigenvalue weighted by atomic mass is 10.1.